The Morgan fingerprint density at radius 1 is 1.40 bits per heavy atom. The highest BCUT2D eigenvalue weighted by atomic mass is 19.4. The number of hydrogen-bond donors (Lipinski definition) is 0. The Hall–Kier alpha value is -1.59. The molecule has 0 unspecified atom stereocenters. The summed E-state index contributed by atoms with van der Waals surface area (Å²) in [6, 6.07) is 0.947. The van der Waals surface area contributed by atoms with E-state index in [1.807, 2.05) is 0 Å². The topological polar surface area (TPSA) is 39.2 Å². The Balaban J connectivity index is 2.46. The highest BCUT2D eigenvalue weighted by molar-refractivity contribution is 5.89. The van der Waals surface area contributed by atoms with Crippen molar-refractivity contribution in [2.24, 2.45) is 0 Å². The molecule has 80 valence electrons. The number of alkyl halides is 3. The summed E-state index contributed by atoms with van der Waals surface area (Å²) < 4.78 is 41.5. The van der Waals surface area contributed by atoms with Crippen LogP contribution in [0, 0.1) is 0 Å². The zero-order valence-corrected chi connectivity index (χ0v) is 7.47. The van der Waals surface area contributed by atoms with Crippen molar-refractivity contribution in [1.82, 2.24) is 4.98 Å². The van der Waals surface area contributed by atoms with Gasteiger partial charge in [0.1, 0.15) is 0 Å². The van der Waals surface area contributed by atoms with Crippen molar-refractivity contribution in [3.05, 3.63) is 29.1 Å². The zero-order valence-electron chi connectivity index (χ0n) is 7.47. The minimum absolute atomic E-state index is 0.0192. The molecule has 2 rings (SSSR count). The van der Waals surface area contributed by atoms with Crippen LogP contribution in [0.15, 0.2) is 12.3 Å². The highest BCUT2D eigenvalue weighted by Gasteiger charge is 2.33. The van der Waals surface area contributed by atoms with E-state index in [1.54, 1.807) is 0 Å². The van der Waals surface area contributed by atoms with Crippen molar-refractivity contribution in [2.45, 2.75) is 12.6 Å². The Bertz CT molecular complexity index is 414. The first-order chi connectivity index (χ1) is 6.98. The van der Waals surface area contributed by atoms with Crippen LogP contribution in [-0.4, -0.2) is 17.6 Å². The van der Waals surface area contributed by atoms with Gasteiger partial charge in [0.2, 0.25) is 0 Å². The standard InChI is InChI=1S/C9H6F3NO2/c10-9(11,12)6-3-5-1-2-15-8(14)7(5)13-4-6/h3-4H,1-2H2. The van der Waals surface area contributed by atoms with Crippen LogP contribution in [0.5, 0.6) is 0 Å². The second-order valence-corrected chi connectivity index (χ2v) is 3.12. The summed E-state index contributed by atoms with van der Waals surface area (Å²) in [5.74, 6) is -0.662. The van der Waals surface area contributed by atoms with Crippen LogP contribution in [0.25, 0.3) is 0 Å². The average Bonchev–Trinajstić information content (AvgIpc) is 2.16. The Morgan fingerprint density at radius 2 is 2.13 bits per heavy atom. The number of cyclic esters (lactones) is 1. The molecule has 0 saturated heterocycles. The molecule has 1 aliphatic heterocycles. The molecule has 0 saturated carbocycles. The summed E-state index contributed by atoms with van der Waals surface area (Å²) in [7, 11) is 0. The van der Waals surface area contributed by atoms with Crippen LogP contribution in [0.3, 0.4) is 0 Å². The number of carbonyl (C=O) groups is 1. The van der Waals surface area contributed by atoms with E-state index in [9.17, 15) is 18.0 Å². The second kappa shape index (κ2) is 3.22. The molecule has 2 heterocycles. The van der Waals surface area contributed by atoms with Crippen molar-refractivity contribution in [2.75, 3.05) is 6.61 Å². The fraction of sp³-hybridized carbons (Fsp3) is 0.333. The molecule has 0 aromatic carbocycles. The van der Waals surface area contributed by atoms with E-state index in [0.29, 0.717) is 11.8 Å². The van der Waals surface area contributed by atoms with Crippen LogP contribution in [0.4, 0.5) is 13.2 Å². The summed E-state index contributed by atoms with van der Waals surface area (Å²) in [4.78, 5) is 14.6. The van der Waals surface area contributed by atoms with Gasteiger partial charge in [-0.2, -0.15) is 13.2 Å². The zero-order chi connectivity index (χ0) is 11.1. The van der Waals surface area contributed by atoms with E-state index >= 15 is 0 Å². The minimum atomic E-state index is -4.43. The normalized spacial score (nSPS) is 15.8. The highest BCUT2D eigenvalue weighted by Crippen LogP contribution is 2.30. The first kappa shape index (κ1) is 9.95. The molecule has 3 nitrogen and oxygen atoms in total. The molecule has 0 spiro atoms. The van der Waals surface area contributed by atoms with Gasteiger partial charge in [-0.3, -0.25) is 0 Å². The Labute approximate surface area is 82.9 Å². The number of fused-ring (bicyclic) bond motifs is 1. The number of pyridine rings is 1. The lowest BCUT2D eigenvalue weighted by Crippen LogP contribution is -2.20. The quantitative estimate of drug-likeness (QED) is 0.622. The number of ether oxygens (including phenoxy) is 1. The van der Waals surface area contributed by atoms with E-state index in [2.05, 4.69) is 9.72 Å². The van der Waals surface area contributed by atoms with Crippen molar-refractivity contribution in [3.63, 3.8) is 0 Å². The molecule has 0 radical (unpaired) electrons. The lowest BCUT2D eigenvalue weighted by molar-refractivity contribution is -0.137. The Morgan fingerprint density at radius 3 is 2.80 bits per heavy atom. The minimum Gasteiger partial charge on any atom is -0.461 e. The number of halogens is 3. The molecule has 1 aromatic rings. The molecule has 0 atom stereocenters. The third kappa shape index (κ3) is 1.79. The molecule has 15 heavy (non-hydrogen) atoms. The van der Waals surface area contributed by atoms with Crippen molar-refractivity contribution in [1.29, 1.82) is 0 Å². The summed E-state index contributed by atoms with van der Waals surface area (Å²) in [6.45, 7) is 0.106. The largest absolute Gasteiger partial charge is 0.461 e. The average molecular weight is 217 g/mol. The van der Waals surface area contributed by atoms with Crippen LogP contribution in [0.2, 0.25) is 0 Å². The van der Waals surface area contributed by atoms with Crippen LogP contribution in [0.1, 0.15) is 21.6 Å². The van der Waals surface area contributed by atoms with E-state index < -0.39 is 17.7 Å². The van der Waals surface area contributed by atoms with E-state index in [4.69, 9.17) is 0 Å². The third-order valence-corrected chi connectivity index (χ3v) is 2.09. The lowest BCUT2D eigenvalue weighted by Gasteiger charge is -2.16. The molecule has 0 aliphatic carbocycles. The van der Waals surface area contributed by atoms with Crippen LogP contribution < -0.4 is 0 Å². The van der Waals surface area contributed by atoms with Gasteiger partial charge in [0.25, 0.3) is 0 Å². The number of esters is 1. The molecular weight excluding hydrogens is 211 g/mol. The van der Waals surface area contributed by atoms with Crippen LogP contribution in [-0.2, 0) is 17.3 Å². The Kier molecular flexibility index (Phi) is 2.13. The molecule has 0 fully saturated rings. The van der Waals surface area contributed by atoms with Crippen molar-refractivity contribution < 1.29 is 22.7 Å². The number of carbonyl (C=O) groups excluding carboxylic acids is 1. The lowest BCUT2D eigenvalue weighted by atomic mass is 10.1. The number of hydrogen-bond acceptors (Lipinski definition) is 3. The molecular formula is C9H6F3NO2. The first-order valence-electron chi connectivity index (χ1n) is 4.22. The maximum atomic E-state index is 12.3. The van der Waals surface area contributed by atoms with E-state index in [0.717, 1.165) is 6.07 Å². The van der Waals surface area contributed by atoms with Crippen LogP contribution >= 0.6 is 0 Å². The number of aromatic nitrogens is 1. The van der Waals surface area contributed by atoms with Gasteiger partial charge in [0.05, 0.1) is 12.2 Å². The summed E-state index contributed by atoms with van der Waals surface area (Å²) in [5.41, 5.74) is -0.564. The van der Waals surface area contributed by atoms with Gasteiger partial charge in [-0.25, -0.2) is 9.78 Å². The fourth-order valence-corrected chi connectivity index (χ4v) is 1.36. The monoisotopic (exact) mass is 217 g/mol. The summed E-state index contributed by atoms with van der Waals surface area (Å²) in [5, 5.41) is 0. The molecule has 1 aliphatic rings. The fourth-order valence-electron chi connectivity index (χ4n) is 1.36. The SMILES string of the molecule is O=C1OCCc2cc(C(F)(F)F)cnc21. The van der Waals surface area contributed by atoms with Crippen molar-refractivity contribution in [3.8, 4) is 0 Å². The molecule has 0 bridgehead atoms. The van der Waals surface area contributed by atoms with Gasteiger partial charge >= 0.3 is 12.1 Å². The predicted molar refractivity (Wildman–Crippen MR) is 43.2 cm³/mol. The number of nitrogens with zero attached hydrogens (tertiary/aromatic N) is 1. The summed E-state index contributed by atoms with van der Waals surface area (Å²) >= 11 is 0. The maximum absolute atomic E-state index is 12.3. The molecule has 1 aromatic heterocycles. The van der Waals surface area contributed by atoms with Gasteiger partial charge in [-0.05, 0) is 11.6 Å². The first-order valence-corrected chi connectivity index (χ1v) is 4.22. The van der Waals surface area contributed by atoms with E-state index in [1.165, 1.54) is 0 Å². The smallest absolute Gasteiger partial charge is 0.417 e. The molecule has 6 heteroatoms. The van der Waals surface area contributed by atoms with Gasteiger partial charge in [-0.15, -0.1) is 0 Å². The third-order valence-electron chi connectivity index (χ3n) is 2.09. The maximum Gasteiger partial charge on any atom is 0.417 e. The van der Waals surface area contributed by atoms with E-state index in [-0.39, 0.29) is 18.7 Å². The predicted octanol–water partition coefficient (Wildman–Crippen LogP) is 1.81. The van der Waals surface area contributed by atoms with Gasteiger partial charge in [0, 0.05) is 12.6 Å². The number of rotatable bonds is 0. The van der Waals surface area contributed by atoms with Gasteiger partial charge < -0.3 is 4.74 Å². The van der Waals surface area contributed by atoms with Gasteiger partial charge in [-0.1, -0.05) is 0 Å². The molecule has 0 N–H and O–H groups in total. The van der Waals surface area contributed by atoms with Crippen molar-refractivity contribution >= 4 is 5.97 Å². The van der Waals surface area contributed by atoms with Gasteiger partial charge in [0.15, 0.2) is 5.69 Å². The molecule has 0 amide bonds. The second-order valence-electron chi connectivity index (χ2n) is 3.12. The summed E-state index contributed by atoms with van der Waals surface area (Å²) in [6.07, 6.45) is -3.51.